The second kappa shape index (κ2) is 10.9. The minimum absolute atomic E-state index is 0.0536. The first-order valence-corrected chi connectivity index (χ1v) is 12.4. The van der Waals surface area contributed by atoms with E-state index in [2.05, 4.69) is 13.8 Å². The van der Waals surface area contributed by atoms with Gasteiger partial charge in [0.25, 0.3) is 5.91 Å². The van der Waals surface area contributed by atoms with Gasteiger partial charge in [0.2, 0.25) is 5.91 Å². The summed E-state index contributed by atoms with van der Waals surface area (Å²) in [6.45, 7) is 5.21. The van der Waals surface area contributed by atoms with Gasteiger partial charge in [0.15, 0.2) is 17.3 Å². The summed E-state index contributed by atoms with van der Waals surface area (Å²) in [5.74, 6) is -0.148. The van der Waals surface area contributed by atoms with Crippen LogP contribution in [0.4, 0.5) is 4.39 Å². The van der Waals surface area contributed by atoms with E-state index in [1.807, 2.05) is 11.4 Å². The molecule has 2 amide bonds. The van der Waals surface area contributed by atoms with Crippen LogP contribution in [-0.4, -0.2) is 47.9 Å². The van der Waals surface area contributed by atoms with Crippen molar-refractivity contribution in [1.82, 2.24) is 9.80 Å². The lowest BCUT2D eigenvalue weighted by atomic mass is 10.00. The van der Waals surface area contributed by atoms with Crippen molar-refractivity contribution in [1.29, 1.82) is 0 Å². The molecule has 34 heavy (non-hydrogen) atoms. The van der Waals surface area contributed by atoms with E-state index in [0.29, 0.717) is 19.0 Å². The predicted molar refractivity (Wildman–Crippen MR) is 128 cm³/mol. The maximum Gasteiger partial charge on any atom is 0.290 e. The zero-order valence-corrected chi connectivity index (χ0v) is 20.2. The van der Waals surface area contributed by atoms with E-state index < -0.39 is 5.82 Å². The van der Waals surface area contributed by atoms with E-state index in [0.717, 1.165) is 18.4 Å². The lowest BCUT2D eigenvalue weighted by Gasteiger charge is -2.37. The van der Waals surface area contributed by atoms with Gasteiger partial charge in [-0.2, -0.15) is 0 Å². The summed E-state index contributed by atoms with van der Waals surface area (Å²) in [7, 11) is 0. The average molecular weight is 485 g/mol. The predicted octanol–water partition coefficient (Wildman–Crippen LogP) is 5.17. The molecule has 0 aliphatic carbocycles. The number of hydrogen-bond acceptors (Lipinski definition) is 5. The van der Waals surface area contributed by atoms with Crippen LogP contribution in [-0.2, 0) is 11.2 Å². The Morgan fingerprint density at radius 3 is 2.79 bits per heavy atom. The van der Waals surface area contributed by atoms with Gasteiger partial charge in [-0.1, -0.05) is 26.0 Å². The first kappa shape index (κ1) is 24.0. The number of halogens is 1. The second-order valence-corrected chi connectivity index (χ2v) is 9.78. The Kier molecular flexibility index (Phi) is 7.67. The standard InChI is InChI=1S/C26H29FN2O4S/c1-18(2)9-12-28(26(31)23-8-5-14-32-23)16-25(30)29-13-10-24-19(11-15-34-24)21(29)17-33-22-7-4-3-6-20(22)27/h3-8,11,14-15,18,21H,9-10,12-13,16-17H2,1-2H3/t21-/m0/s1. The third kappa shape index (κ3) is 5.50. The first-order valence-electron chi connectivity index (χ1n) is 11.5. The number of furan rings is 1. The van der Waals surface area contributed by atoms with Crippen LogP contribution in [0.5, 0.6) is 5.75 Å². The summed E-state index contributed by atoms with van der Waals surface area (Å²) < 4.78 is 25.2. The van der Waals surface area contributed by atoms with Crippen molar-refractivity contribution < 1.29 is 23.1 Å². The third-order valence-corrected chi connectivity index (χ3v) is 6.97. The van der Waals surface area contributed by atoms with Crippen molar-refractivity contribution in [2.24, 2.45) is 5.92 Å². The maximum atomic E-state index is 14.1. The molecule has 0 saturated heterocycles. The molecule has 1 aliphatic heterocycles. The number of benzene rings is 1. The van der Waals surface area contributed by atoms with E-state index in [4.69, 9.17) is 9.15 Å². The van der Waals surface area contributed by atoms with E-state index in [1.165, 1.54) is 17.2 Å². The summed E-state index contributed by atoms with van der Waals surface area (Å²) in [6, 6.07) is 11.2. The van der Waals surface area contributed by atoms with Crippen molar-refractivity contribution in [3.05, 3.63) is 76.1 Å². The van der Waals surface area contributed by atoms with Crippen molar-refractivity contribution in [2.45, 2.75) is 32.7 Å². The number of hydrogen-bond donors (Lipinski definition) is 0. The van der Waals surface area contributed by atoms with Crippen molar-refractivity contribution >= 4 is 23.2 Å². The Hall–Kier alpha value is -3.13. The summed E-state index contributed by atoms with van der Waals surface area (Å²) in [5, 5.41) is 2.00. The number of rotatable bonds is 9. The SMILES string of the molecule is CC(C)CCN(CC(=O)N1CCc2sccc2[C@@H]1COc1ccccc1F)C(=O)c1ccco1. The van der Waals surface area contributed by atoms with Gasteiger partial charge in [-0.15, -0.1) is 11.3 Å². The molecule has 6 nitrogen and oxygen atoms in total. The maximum absolute atomic E-state index is 14.1. The normalized spacial score (nSPS) is 15.3. The highest BCUT2D eigenvalue weighted by Crippen LogP contribution is 2.34. The number of ether oxygens (including phenoxy) is 1. The van der Waals surface area contributed by atoms with Gasteiger partial charge in [0, 0.05) is 18.0 Å². The highest BCUT2D eigenvalue weighted by molar-refractivity contribution is 7.10. The molecule has 0 bridgehead atoms. The van der Waals surface area contributed by atoms with Gasteiger partial charge in [-0.05, 0) is 60.0 Å². The average Bonchev–Trinajstić information content (AvgIpc) is 3.52. The Balaban J connectivity index is 1.52. The van der Waals surface area contributed by atoms with Gasteiger partial charge in [0.05, 0.1) is 12.3 Å². The monoisotopic (exact) mass is 484 g/mol. The number of fused-ring (bicyclic) bond motifs is 1. The van der Waals surface area contributed by atoms with Crippen molar-refractivity contribution in [3.63, 3.8) is 0 Å². The molecule has 3 aromatic rings. The Morgan fingerprint density at radius 1 is 1.24 bits per heavy atom. The molecule has 180 valence electrons. The lowest BCUT2D eigenvalue weighted by Crippen LogP contribution is -2.48. The fourth-order valence-corrected chi connectivity index (χ4v) is 5.01. The summed E-state index contributed by atoms with van der Waals surface area (Å²) in [5.41, 5.74) is 1.02. The van der Waals surface area contributed by atoms with Crippen LogP contribution in [0.2, 0.25) is 0 Å². The van der Waals surface area contributed by atoms with Crippen molar-refractivity contribution in [3.8, 4) is 5.75 Å². The van der Waals surface area contributed by atoms with Crippen LogP contribution in [0.25, 0.3) is 0 Å². The molecule has 0 saturated carbocycles. The summed E-state index contributed by atoms with van der Waals surface area (Å²) >= 11 is 1.65. The van der Waals surface area contributed by atoms with Crippen LogP contribution >= 0.6 is 11.3 Å². The number of carbonyl (C=O) groups excluding carboxylic acids is 2. The fourth-order valence-electron chi connectivity index (χ4n) is 4.08. The van der Waals surface area contributed by atoms with Crippen LogP contribution in [0, 0.1) is 11.7 Å². The van der Waals surface area contributed by atoms with E-state index in [1.54, 1.807) is 51.5 Å². The molecule has 1 atom stereocenters. The third-order valence-electron chi connectivity index (χ3n) is 5.97. The van der Waals surface area contributed by atoms with E-state index in [-0.39, 0.29) is 42.5 Å². The smallest absolute Gasteiger partial charge is 0.290 e. The van der Waals surface area contributed by atoms with Gasteiger partial charge in [0.1, 0.15) is 13.2 Å². The summed E-state index contributed by atoms with van der Waals surface area (Å²) in [4.78, 5) is 31.1. The molecule has 0 spiro atoms. The van der Waals surface area contributed by atoms with Gasteiger partial charge < -0.3 is 19.0 Å². The minimum atomic E-state index is -0.439. The zero-order valence-electron chi connectivity index (χ0n) is 19.4. The Labute approximate surface area is 202 Å². The van der Waals surface area contributed by atoms with Gasteiger partial charge in [-0.3, -0.25) is 9.59 Å². The Bertz CT molecular complexity index is 1110. The number of carbonyl (C=O) groups is 2. The lowest BCUT2D eigenvalue weighted by molar-refractivity contribution is -0.135. The van der Waals surface area contributed by atoms with Crippen LogP contribution in [0.15, 0.2) is 58.5 Å². The van der Waals surface area contributed by atoms with Crippen molar-refractivity contribution in [2.75, 3.05) is 26.2 Å². The molecule has 0 fully saturated rings. The van der Waals surface area contributed by atoms with Crippen LogP contribution in [0.1, 0.15) is 47.3 Å². The highest BCUT2D eigenvalue weighted by atomic mass is 32.1. The second-order valence-electron chi connectivity index (χ2n) is 8.78. The van der Waals surface area contributed by atoms with Gasteiger partial charge in [-0.25, -0.2) is 4.39 Å². The van der Waals surface area contributed by atoms with E-state index in [9.17, 15) is 14.0 Å². The van der Waals surface area contributed by atoms with E-state index >= 15 is 0 Å². The largest absolute Gasteiger partial charge is 0.488 e. The number of thiophene rings is 1. The molecular formula is C26H29FN2O4S. The Morgan fingerprint density at radius 2 is 2.06 bits per heavy atom. The number of nitrogens with zero attached hydrogens (tertiary/aromatic N) is 2. The molecule has 0 radical (unpaired) electrons. The molecule has 0 N–H and O–H groups in total. The molecule has 1 aromatic carbocycles. The molecular weight excluding hydrogens is 455 g/mol. The molecule has 1 aliphatic rings. The van der Waals surface area contributed by atoms with Crippen LogP contribution in [0.3, 0.4) is 0 Å². The molecule has 0 unspecified atom stereocenters. The summed E-state index contributed by atoms with van der Waals surface area (Å²) in [6.07, 6.45) is 2.97. The fraction of sp³-hybridized carbons (Fsp3) is 0.385. The van der Waals surface area contributed by atoms with Gasteiger partial charge >= 0.3 is 0 Å². The minimum Gasteiger partial charge on any atom is -0.488 e. The highest BCUT2D eigenvalue weighted by Gasteiger charge is 2.34. The topological polar surface area (TPSA) is 63.0 Å². The quantitative estimate of drug-likeness (QED) is 0.420. The number of amides is 2. The molecule has 4 rings (SSSR count). The van der Waals surface area contributed by atoms with Crippen LogP contribution < -0.4 is 4.74 Å². The number of para-hydroxylation sites is 1. The first-order chi connectivity index (χ1) is 16.4. The molecule has 8 heteroatoms. The molecule has 3 heterocycles. The molecule has 2 aromatic heterocycles. The zero-order chi connectivity index (χ0) is 24.1.